The first-order valence-electron chi connectivity index (χ1n) is 12.5. The van der Waals surface area contributed by atoms with Gasteiger partial charge in [-0.25, -0.2) is 0 Å². The largest absolute Gasteiger partial charge is 0.388 e. The highest BCUT2D eigenvalue weighted by atomic mass is 16.7. The van der Waals surface area contributed by atoms with Gasteiger partial charge in [-0.05, 0) is 16.7 Å². The number of benzene rings is 3. The van der Waals surface area contributed by atoms with Gasteiger partial charge in [-0.1, -0.05) is 91.0 Å². The van der Waals surface area contributed by atoms with Crippen molar-refractivity contribution in [2.45, 2.75) is 57.3 Å². The molecule has 3 aromatic carbocycles. The number of hydrogen-bond donors (Lipinski definition) is 1. The molecule has 1 amide bonds. The van der Waals surface area contributed by atoms with Gasteiger partial charge in [0.15, 0.2) is 6.29 Å². The van der Waals surface area contributed by atoms with Crippen LogP contribution in [0.25, 0.3) is 0 Å². The van der Waals surface area contributed by atoms with Crippen molar-refractivity contribution in [1.29, 1.82) is 0 Å². The topological polar surface area (TPSA) is 77.5 Å². The van der Waals surface area contributed by atoms with Crippen molar-refractivity contribution >= 4 is 5.91 Å². The van der Waals surface area contributed by atoms with Gasteiger partial charge in [0.1, 0.15) is 24.4 Å². The number of carbonyl (C=O) groups is 1. The molecule has 0 radical (unpaired) electrons. The predicted molar refractivity (Wildman–Crippen MR) is 139 cm³/mol. The number of aliphatic hydroxyl groups excluding tert-OH is 1. The molecule has 4 rings (SSSR count). The van der Waals surface area contributed by atoms with E-state index in [2.05, 4.69) is 0 Å². The van der Waals surface area contributed by atoms with Crippen LogP contribution >= 0.6 is 0 Å². The summed E-state index contributed by atoms with van der Waals surface area (Å²) in [6.45, 7) is 2.64. The van der Waals surface area contributed by atoms with Crippen LogP contribution in [0.1, 0.15) is 23.6 Å². The zero-order valence-corrected chi connectivity index (χ0v) is 21.3. The highest BCUT2D eigenvalue weighted by Crippen LogP contribution is 2.30. The minimum Gasteiger partial charge on any atom is -0.388 e. The van der Waals surface area contributed by atoms with Crippen LogP contribution < -0.4 is 0 Å². The molecule has 0 unspecified atom stereocenters. The number of hydrogen-bond acceptors (Lipinski definition) is 6. The van der Waals surface area contributed by atoms with Crippen LogP contribution in [0.15, 0.2) is 91.0 Å². The maximum absolute atomic E-state index is 12.9. The number of rotatable bonds is 11. The molecule has 0 saturated carbocycles. The number of carbonyl (C=O) groups excluding carboxylic acids is 1. The molecule has 0 aromatic heterocycles. The van der Waals surface area contributed by atoms with Crippen molar-refractivity contribution in [1.82, 2.24) is 4.90 Å². The molecule has 1 N–H and O–H groups in total. The molecular weight excluding hydrogens is 470 g/mol. The van der Waals surface area contributed by atoms with E-state index in [1.165, 1.54) is 14.0 Å². The van der Waals surface area contributed by atoms with Crippen molar-refractivity contribution in [2.75, 3.05) is 13.7 Å². The van der Waals surface area contributed by atoms with Crippen molar-refractivity contribution in [2.24, 2.45) is 0 Å². The third-order valence-corrected chi connectivity index (χ3v) is 6.51. The third-order valence-electron chi connectivity index (χ3n) is 6.51. The number of nitrogens with zero attached hydrogens (tertiary/aromatic N) is 1. The Kier molecular flexibility index (Phi) is 9.82. The fourth-order valence-electron chi connectivity index (χ4n) is 4.60. The summed E-state index contributed by atoms with van der Waals surface area (Å²) < 4.78 is 24.1. The third kappa shape index (κ3) is 7.25. The number of methoxy groups -OCH3 is 1. The van der Waals surface area contributed by atoms with Crippen LogP contribution in [-0.4, -0.2) is 60.3 Å². The normalized spacial score (nSPS) is 23.5. The minimum absolute atomic E-state index is 0.145. The van der Waals surface area contributed by atoms with Gasteiger partial charge in [-0.15, -0.1) is 0 Å². The van der Waals surface area contributed by atoms with E-state index in [1.807, 2.05) is 91.0 Å². The van der Waals surface area contributed by atoms with E-state index in [0.717, 1.165) is 16.7 Å². The minimum atomic E-state index is -1.05. The summed E-state index contributed by atoms with van der Waals surface area (Å²) >= 11 is 0. The van der Waals surface area contributed by atoms with E-state index >= 15 is 0 Å². The second-order valence-corrected chi connectivity index (χ2v) is 9.15. The number of amides is 1. The molecule has 1 fully saturated rings. The molecule has 196 valence electrons. The van der Waals surface area contributed by atoms with Gasteiger partial charge in [0.25, 0.3) is 0 Å². The fourth-order valence-corrected chi connectivity index (χ4v) is 4.60. The summed E-state index contributed by atoms with van der Waals surface area (Å²) in [6.07, 6.45) is -3.33. The Labute approximate surface area is 218 Å². The quantitative estimate of drug-likeness (QED) is 0.426. The first-order valence-corrected chi connectivity index (χ1v) is 12.5. The van der Waals surface area contributed by atoms with Crippen LogP contribution in [0.2, 0.25) is 0 Å². The van der Waals surface area contributed by atoms with Gasteiger partial charge in [0, 0.05) is 20.6 Å². The molecule has 5 atom stereocenters. The molecule has 1 aliphatic rings. The van der Waals surface area contributed by atoms with Crippen LogP contribution in [0.4, 0.5) is 0 Å². The van der Waals surface area contributed by atoms with Gasteiger partial charge >= 0.3 is 0 Å². The van der Waals surface area contributed by atoms with Crippen molar-refractivity contribution in [3.05, 3.63) is 108 Å². The molecule has 0 aliphatic carbocycles. The molecule has 1 saturated heterocycles. The van der Waals surface area contributed by atoms with E-state index in [1.54, 1.807) is 4.90 Å². The van der Waals surface area contributed by atoms with Gasteiger partial charge < -0.3 is 29.0 Å². The fraction of sp³-hybridized carbons (Fsp3) is 0.367. The Morgan fingerprint density at radius 3 is 1.95 bits per heavy atom. The summed E-state index contributed by atoms with van der Waals surface area (Å²) in [5.41, 5.74) is 2.94. The lowest BCUT2D eigenvalue weighted by Crippen LogP contribution is -2.65. The Balaban J connectivity index is 1.56. The SMILES string of the molecule is CO[C@H]1O[C@H](COCc2ccccc2)[C@@H](O)[C@H](OCc2ccccc2)[C@H]1N(Cc1ccccc1)C(C)=O. The second kappa shape index (κ2) is 13.5. The van der Waals surface area contributed by atoms with E-state index < -0.39 is 30.6 Å². The van der Waals surface area contributed by atoms with Crippen LogP contribution in [-0.2, 0) is 43.5 Å². The first kappa shape index (κ1) is 27.0. The summed E-state index contributed by atoms with van der Waals surface area (Å²) in [7, 11) is 1.53. The average molecular weight is 506 g/mol. The zero-order valence-electron chi connectivity index (χ0n) is 21.3. The smallest absolute Gasteiger partial charge is 0.220 e. The van der Waals surface area contributed by atoms with Crippen molar-refractivity contribution < 1.29 is 28.8 Å². The summed E-state index contributed by atoms with van der Waals surface area (Å²) in [5.74, 6) is -0.168. The van der Waals surface area contributed by atoms with Crippen molar-refractivity contribution in [3.8, 4) is 0 Å². The molecule has 0 bridgehead atoms. The average Bonchev–Trinajstić information content (AvgIpc) is 2.93. The first-order chi connectivity index (χ1) is 18.1. The molecule has 7 nitrogen and oxygen atoms in total. The zero-order chi connectivity index (χ0) is 26.0. The number of ether oxygens (including phenoxy) is 4. The molecule has 0 spiro atoms. The molecular formula is C30H35NO6. The molecule has 7 heteroatoms. The van der Waals surface area contributed by atoms with Gasteiger partial charge in [-0.3, -0.25) is 4.79 Å². The summed E-state index contributed by atoms with van der Waals surface area (Å²) in [6, 6.07) is 28.6. The van der Waals surface area contributed by atoms with Gasteiger partial charge in [-0.2, -0.15) is 0 Å². The standard InChI is InChI=1S/C30H35NO6/c1-22(32)31(18-23-12-6-3-7-13-23)27-29(36-20-25-16-10-5-11-17-25)28(33)26(37-30(27)34-2)21-35-19-24-14-8-4-9-15-24/h3-17,26-30,33H,18-21H2,1-2H3/t26-,27-,28-,29-,30+/m1/s1. The maximum Gasteiger partial charge on any atom is 0.220 e. The molecule has 3 aromatic rings. The number of aliphatic hydroxyl groups is 1. The lowest BCUT2D eigenvalue weighted by Gasteiger charge is -2.48. The predicted octanol–water partition coefficient (Wildman–Crippen LogP) is 3.94. The Bertz CT molecular complexity index is 1080. The summed E-state index contributed by atoms with van der Waals surface area (Å²) in [4.78, 5) is 14.6. The van der Waals surface area contributed by atoms with Crippen LogP contribution in [0.3, 0.4) is 0 Å². The van der Waals surface area contributed by atoms with E-state index in [9.17, 15) is 9.90 Å². The summed E-state index contributed by atoms with van der Waals surface area (Å²) in [5, 5.41) is 11.5. The van der Waals surface area contributed by atoms with E-state index in [4.69, 9.17) is 18.9 Å². The van der Waals surface area contributed by atoms with Crippen LogP contribution in [0, 0.1) is 0 Å². The monoisotopic (exact) mass is 505 g/mol. The van der Waals surface area contributed by atoms with Crippen molar-refractivity contribution in [3.63, 3.8) is 0 Å². The van der Waals surface area contributed by atoms with E-state index in [-0.39, 0.29) is 19.1 Å². The Morgan fingerprint density at radius 1 is 0.865 bits per heavy atom. The molecule has 1 aliphatic heterocycles. The van der Waals surface area contributed by atoms with Gasteiger partial charge in [0.05, 0.1) is 19.8 Å². The van der Waals surface area contributed by atoms with Gasteiger partial charge in [0.2, 0.25) is 5.91 Å². The lowest BCUT2D eigenvalue weighted by atomic mass is 9.94. The molecule has 1 heterocycles. The Hall–Kier alpha value is -3.07. The van der Waals surface area contributed by atoms with E-state index in [0.29, 0.717) is 13.2 Å². The Morgan fingerprint density at radius 2 is 1.41 bits per heavy atom. The molecule has 37 heavy (non-hydrogen) atoms. The lowest BCUT2D eigenvalue weighted by molar-refractivity contribution is -0.290. The van der Waals surface area contributed by atoms with Crippen LogP contribution in [0.5, 0.6) is 0 Å². The maximum atomic E-state index is 12.9. The highest BCUT2D eigenvalue weighted by Gasteiger charge is 2.49. The second-order valence-electron chi connectivity index (χ2n) is 9.15. The highest BCUT2D eigenvalue weighted by molar-refractivity contribution is 5.73.